The van der Waals surface area contributed by atoms with Gasteiger partial charge in [-0.1, -0.05) is 22.0 Å². The van der Waals surface area contributed by atoms with Crippen molar-refractivity contribution in [2.45, 2.75) is 19.4 Å². The number of halogens is 1. The number of hydrogen-bond donors (Lipinski definition) is 1. The average Bonchev–Trinajstić information content (AvgIpc) is 2.88. The minimum atomic E-state index is 0.171. The maximum Gasteiger partial charge on any atom is 0.123 e. The van der Waals surface area contributed by atoms with Crippen molar-refractivity contribution >= 4 is 21.6 Å². The van der Waals surface area contributed by atoms with E-state index >= 15 is 0 Å². The molecule has 3 rings (SSSR count). The maximum absolute atomic E-state index is 5.95. The highest BCUT2D eigenvalue weighted by Crippen LogP contribution is 2.31. The van der Waals surface area contributed by atoms with Crippen molar-refractivity contribution in [3.05, 3.63) is 52.5 Å². The third-order valence-corrected chi connectivity index (χ3v) is 3.94. The summed E-state index contributed by atoms with van der Waals surface area (Å²) in [6.45, 7) is 3.45. The monoisotopic (exact) mass is 347 g/mol. The van der Waals surface area contributed by atoms with Gasteiger partial charge in [0.2, 0.25) is 0 Å². The molecule has 1 atom stereocenters. The molecule has 0 saturated carbocycles. The van der Waals surface area contributed by atoms with Gasteiger partial charge in [-0.25, -0.2) is 0 Å². The molecule has 0 radical (unpaired) electrons. The summed E-state index contributed by atoms with van der Waals surface area (Å²) in [6, 6.07) is 14.2. The molecule has 1 aliphatic heterocycles. The Morgan fingerprint density at radius 3 is 3.05 bits per heavy atom. The van der Waals surface area contributed by atoms with Crippen LogP contribution in [-0.2, 0) is 6.42 Å². The Balaban J connectivity index is 1.58. The summed E-state index contributed by atoms with van der Waals surface area (Å²) in [6.07, 6.45) is 1.11. The largest absolute Gasteiger partial charge is 0.494 e. The highest BCUT2D eigenvalue weighted by Gasteiger charge is 2.22. The highest BCUT2D eigenvalue weighted by atomic mass is 79.9. The average molecular weight is 348 g/mol. The van der Waals surface area contributed by atoms with E-state index in [1.54, 1.807) is 0 Å². The van der Waals surface area contributed by atoms with E-state index in [4.69, 9.17) is 9.47 Å². The highest BCUT2D eigenvalue weighted by molar-refractivity contribution is 9.10. The molecule has 1 heterocycles. The first-order chi connectivity index (χ1) is 10.2. The molecule has 0 bridgehead atoms. The molecular formula is C17H18BrNO2. The predicted molar refractivity (Wildman–Crippen MR) is 88.4 cm³/mol. The first-order valence-electron chi connectivity index (χ1n) is 7.16. The molecule has 21 heavy (non-hydrogen) atoms. The molecule has 3 nitrogen and oxygen atoms in total. The van der Waals surface area contributed by atoms with Crippen LogP contribution in [0, 0.1) is 0 Å². The van der Waals surface area contributed by atoms with Gasteiger partial charge in [-0.3, -0.25) is 0 Å². The van der Waals surface area contributed by atoms with Gasteiger partial charge < -0.3 is 14.8 Å². The first-order valence-corrected chi connectivity index (χ1v) is 7.95. The van der Waals surface area contributed by atoms with Crippen molar-refractivity contribution in [3.63, 3.8) is 0 Å². The van der Waals surface area contributed by atoms with Crippen molar-refractivity contribution in [1.29, 1.82) is 0 Å². The SMILES string of the molecule is CCOc1cccc(NCC2Cc3cc(Br)ccc3O2)c1. The minimum absolute atomic E-state index is 0.171. The lowest BCUT2D eigenvalue weighted by molar-refractivity contribution is 0.246. The van der Waals surface area contributed by atoms with Gasteiger partial charge in [-0.2, -0.15) is 0 Å². The molecule has 1 unspecified atom stereocenters. The van der Waals surface area contributed by atoms with E-state index in [0.29, 0.717) is 6.61 Å². The normalized spacial score (nSPS) is 16.2. The zero-order valence-corrected chi connectivity index (χ0v) is 13.5. The van der Waals surface area contributed by atoms with E-state index in [1.165, 1.54) is 5.56 Å². The van der Waals surface area contributed by atoms with Gasteiger partial charge >= 0.3 is 0 Å². The zero-order chi connectivity index (χ0) is 14.7. The summed E-state index contributed by atoms with van der Waals surface area (Å²) in [4.78, 5) is 0. The van der Waals surface area contributed by atoms with Crippen molar-refractivity contribution in [2.24, 2.45) is 0 Å². The summed E-state index contributed by atoms with van der Waals surface area (Å²) in [7, 11) is 0. The number of benzene rings is 2. The van der Waals surface area contributed by atoms with Crippen LogP contribution >= 0.6 is 15.9 Å². The maximum atomic E-state index is 5.95. The number of ether oxygens (including phenoxy) is 2. The van der Waals surface area contributed by atoms with Crippen LogP contribution < -0.4 is 14.8 Å². The fourth-order valence-electron chi connectivity index (χ4n) is 2.50. The van der Waals surface area contributed by atoms with Crippen molar-refractivity contribution in [2.75, 3.05) is 18.5 Å². The minimum Gasteiger partial charge on any atom is -0.494 e. The molecule has 0 aliphatic carbocycles. The van der Waals surface area contributed by atoms with Crippen LogP contribution in [0.25, 0.3) is 0 Å². The summed E-state index contributed by atoms with van der Waals surface area (Å²) in [5.74, 6) is 1.88. The molecule has 0 saturated heterocycles. The third-order valence-electron chi connectivity index (χ3n) is 3.44. The molecular weight excluding hydrogens is 330 g/mol. The zero-order valence-electron chi connectivity index (χ0n) is 11.9. The van der Waals surface area contributed by atoms with Gasteiger partial charge in [-0.05, 0) is 42.8 Å². The van der Waals surface area contributed by atoms with Crippen molar-refractivity contribution in [1.82, 2.24) is 0 Å². The molecule has 110 valence electrons. The predicted octanol–water partition coefficient (Wildman–Crippen LogP) is 4.26. The Hall–Kier alpha value is -1.68. The second kappa shape index (κ2) is 6.39. The topological polar surface area (TPSA) is 30.5 Å². The fourth-order valence-corrected chi connectivity index (χ4v) is 2.91. The number of rotatable bonds is 5. The molecule has 0 fully saturated rings. The second-order valence-corrected chi connectivity index (χ2v) is 5.95. The Labute approximate surface area is 133 Å². The van der Waals surface area contributed by atoms with Crippen LogP contribution in [0.1, 0.15) is 12.5 Å². The van der Waals surface area contributed by atoms with E-state index in [1.807, 2.05) is 43.3 Å². The van der Waals surface area contributed by atoms with E-state index in [0.717, 1.165) is 34.6 Å². The van der Waals surface area contributed by atoms with Crippen molar-refractivity contribution in [3.8, 4) is 11.5 Å². The van der Waals surface area contributed by atoms with Crippen LogP contribution in [-0.4, -0.2) is 19.3 Å². The molecule has 0 amide bonds. The van der Waals surface area contributed by atoms with Gasteiger partial charge in [0.1, 0.15) is 17.6 Å². The van der Waals surface area contributed by atoms with E-state index in [2.05, 4.69) is 27.3 Å². The first kappa shape index (κ1) is 14.3. The summed E-state index contributed by atoms with van der Waals surface area (Å²) in [5.41, 5.74) is 2.32. The third kappa shape index (κ3) is 3.50. The van der Waals surface area contributed by atoms with Crippen LogP contribution in [0.5, 0.6) is 11.5 Å². The quantitative estimate of drug-likeness (QED) is 0.876. The Kier molecular flexibility index (Phi) is 4.34. The van der Waals surface area contributed by atoms with Crippen LogP contribution in [0.4, 0.5) is 5.69 Å². The lowest BCUT2D eigenvalue weighted by atomic mass is 10.1. The Morgan fingerprint density at radius 1 is 1.29 bits per heavy atom. The van der Waals surface area contributed by atoms with Crippen LogP contribution in [0.15, 0.2) is 46.9 Å². The van der Waals surface area contributed by atoms with Gasteiger partial charge in [0.15, 0.2) is 0 Å². The molecule has 4 heteroatoms. The lowest BCUT2D eigenvalue weighted by Gasteiger charge is -2.13. The van der Waals surface area contributed by atoms with Crippen molar-refractivity contribution < 1.29 is 9.47 Å². The summed E-state index contributed by atoms with van der Waals surface area (Å²) < 4.78 is 12.6. The van der Waals surface area contributed by atoms with E-state index < -0.39 is 0 Å². The van der Waals surface area contributed by atoms with Gasteiger partial charge in [0.25, 0.3) is 0 Å². The van der Waals surface area contributed by atoms with Gasteiger partial charge in [0, 0.05) is 22.6 Å². The fraction of sp³-hybridized carbons (Fsp3) is 0.294. The number of hydrogen-bond acceptors (Lipinski definition) is 3. The van der Waals surface area contributed by atoms with Gasteiger partial charge in [-0.15, -0.1) is 0 Å². The molecule has 2 aromatic carbocycles. The number of anilines is 1. The lowest BCUT2D eigenvalue weighted by Crippen LogP contribution is -2.23. The van der Waals surface area contributed by atoms with Crippen LogP contribution in [0.2, 0.25) is 0 Å². The van der Waals surface area contributed by atoms with Crippen LogP contribution in [0.3, 0.4) is 0 Å². The standard InChI is InChI=1S/C17H18BrNO2/c1-2-20-15-5-3-4-14(10-15)19-11-16-9-12-8-13(18)6-7-17(12)21-16/h3-8,10,16,19H,2,9,11H2,1H3. The Bertz CT molecular complexity index is 630. The molecule has 1 aliphatic rings. The number of nitrogens with one attached hydrogen (secondary N) is 1. The molecule has 2 aromatic rings. The smallest absolute Gasteiger partial charge is 0.123 e. The Morgan fingerprint density at radius 2 is 2.19 bits per heavy atom. The van der Waals surface area contributed by atoms with Gasteiger partial charge in [0.05, 0.1) is 13.2 Å². The number of fused-ring (bicyclic) bond motifs is 1. The second-order valence-electron chi connectivity index (χ2n) is 5.04. The summed E-state index contributed by atoms with van der Waals surface area (Å²) in [5, 5.41) is 3.42. The molecule has 1 N–H and O–H groups in total. The van der Waals surface area contributed by atoms with E-state index in [-0.39, 0.29) is 6.10 Å². The van der Waals surface area contributed by atoms with E-state index in [9.17, 15) is 0 Å². The summed E-state index contributed by atoms with van der Waals surface area (Å²) >= 11 is 3.50. The molecule has 0 aromatic heterocycles. The molecule has 0 spiro atoms.